The number of fused-ring (bicyclic) bond motifs is 6. The number of nitrogens with one attached hydrogen (secondary N) is 1. The Bertz CT molecular complexity index is 1920. The molecule has 50 heavy (non-hydrogen) atoms. The predicted molar refractivity (Wildman–Crippen MR) is 184 cm³/mol. The van der Waals surface area contributed by atoms with Crippen LogP contribution in [0.2, 0.25) is 0 Å². The summed E-state index contributed by atoms with van der Waals surface area (Å²) in [6.45, 7) is 4.06. The maximum Gasteiger partial charge on any atom is 0.254 e. The number of ether oxygens (including phenoxy) is 2. The zero-order chi connectivity index (χ0) is 35.4. The van der Waals surface area contributed by atoms with E-state index >= 15 is 0 Å². The molecule has 12 nitrogen and oxygen atoms in total. The molecule has 0 spiro atoms. The summed E-state index contributed by atoms with van der Waals surface area (Å²) in [6, 6.07) is 13.1. The summed E-state index contributed by atoms with van der Waals surface area (Å²) in [5.41, 5.74) is 3.68. The Morgan fingerprint density at radius 1 is 1.06 bits per heavy atom. The molecule has 2 atom stereocenters. The minimum Gasteiger partial charge on any atom is -0.457 e. The molecule has 4 amide bonds. The Kier molecular flexibility index (Phi) is 10.7. The summed E-state index contributed by atoms with van der Waals surface area (Å²) in [7, 11) is 0. The van der Waals surface area contributed by atoms with E-state index in [0.717, 1.165) is 10.2 Å². The highest BCUT2D eigenvalue weighted by Gasteiger charge is 2.38. The van der Waals surface area contributed by atoms with Crippen molar-refractivity contribution < 1.29 is 38.1 Å². The second kappa shape index (κ2) is 15.3. The first-order valence-electron chi connectivity index (χ1n) is 16.5. The van der Waals surface area contributed by atoms with E-state index in [2.05, 4.69) is 10.3 Å². The third-order valence-corrected chi connectivity index (χ3v) is 9.46. The second-order valence-electron chi connectivity index (χ2n) is 12.2. The monoisotopic (exact) mass is 703 g/mol. The molecule has 0 radical (unpaired) electrons. The van der Waals surface area contributed by atoms with Crippen molar-refractivity contribution in [2.45, 2.75) is 39.0 Å². The lowest BCUT2D eigenvalue weighted by Gasteiger charge is -2.26. The van der Waals surface area contributed by atoms with E-state index in [-0.39, 0.29) is 74.5 Å². The molecule has 4 bridgehead atoms. The van der Waals surface area contributed by atoms with Crippen molar-refractivity contribution in [3.63, 3.8) is 0 Å². The van der Waals surface area contributed by atoms with Crippen LogP contribution in [0.3, 0.4) is 0 Å². The average molecular weight is 704 g/mol. The number of carbonyl (C=O) groups is 4. The van der Waals surface area contributed by atoms with Crippen LogP contribution in [0.4, 0.5) is 4.39 Å². The van der Waals surface area contributed by atoms with Crippen molar-refractivity contribution in [2.24, 2.45) is 0 Å². The normalized spacial score (nSPS) is 18.1. The standard InChI is InChI=1S/C36H38FN5O7S/c1-3-7-41-19-33(44)39-30-17-42(34(45)23-5-6-29-32(15-23)50-21-38-29)18-31(30)48-20-22-10-26(37)16-27(11-22)49-28-13-24(12-25(14-28)36(41)47)35(46)40(4-2)8-9-43/h5-6,10-16,21,30-31,43H,3-4,7-9,17-20H2,1-2H3,(H,39,44)/t30-,31-/m1/s1. The number of aliphatic hydroxyl groups excluding tert-OH is 1. The molecule has 262 valence electrons. The Morgan fingerprint density at radius 2 is 1.88 bits per heavy atom. The summed E-state index contributed by atoms with van der Waals surface area (Å²) >= 11 is 1.43. The van der Waals surface area contributed by atoms with E-state index in [1.165, 1.54) is 51.5 Å². The van der Waals surface area contributed by atoms with Gasteiger partial charge in [0.25, 0.3) is 17.7 Å². The number of halogens is 1. The number of carbonyl (C=O) groups excluding carboxylic acids is 4. The number of hydrogen-bond acceptors (Lipinski definition) is 9. The number of amides is 4. The lowest BCUT2D eigenvalue weighted by Crippen LogP contribution is -2.49. The molecule has 0 aliphatic carbocycles. The van der Waals surface area contributed by atoms with Crippen molar-refractivity contribution in [3.8, 4) is 11.5 Å². The summed E-state index contributed by atoms with van der Waals surface area (Å²) in [4.78, 5) is 63.3. The maximum absolute atomic E-state index is 14.9. The molecular weight excluding hydrogens is 665 g/mol. The molecule has 1 aromatic heterocycles. The van der Waals surface area contributed by atoms with Crippen molar-refractivity contribution >= 4 is 45.2 Å². The fourth-order valence-corrected chi connectivity index (χ4v) is 6.98. The van der Waals surface area contributed by atoms with Gasteiger partial charge < -0.3 is 34.6 Å². The van der Waals surface area contributed by atoms with Crippen LogP contribution in [-0.4, -0.2) is 106 Å². The number of likely N-dealkylation sites (tertiary alicyclic amines) is 1. The highest BCUT2D eigenvalue weighted by Crippen LogP contribution is 2.29. The molecule has 2 aliphatic rings. The minimum atomic E-state index is -0.632. The van der Waals surface area contributed by atoms with Gasteiger partial charge in [0.1, 0.15) is 17.3 Å². The highest BCUT2D eigenvalue weighted by atomic mass is 32.1. The number of thiazole rings is 1. The first-order valence-corrected chi connectivity index (χ1v) is 17.4. The Morgan fingerprint density at radius 3 is 2.66 bits per heavy atom. The number of likely N-dealkylation sites (N-methyl/N-ethyl adjacent to an activating group) is 1. The number of nitrogens with zero attached hydrogens (tertiary/aromatic N) is 4. The second-order valence-corrected chi connectivity index (χ2v) is 13.1. The van der Waals surface area contributed by atoms with Crippen LogP contribution in [0.1, 0.15) is 56.9 Å². The molecule has 1 fully saturated rings. The molecule has 0 unspecified atom stereocenters. The lowest BCUT2D eigenvalue weighted by molar-refractivity contribution is -0.123. The van der Waals surface area contributed by atoms with Gasteiger partial charge in [-0.15, -0.1) is 11.3 Å². The topological polar surface area (TPSA) is 142 Å². The molecular formula is C36H38FN5O7S. The quantitative estimate of drug-likeness (QED) is 0.294. The Balaban J connectivity index is 1.33. The first-order chi connectivity index (χ1) is 24.1. The van der Waals surface area contributed by atoms with Gasteiger partial charge in [0.05, 0.1) is 47.6 Å². The number of aliphatic hydroxyl groups is 1. The summed E-state index contributed by atoms with van der Waals surface area (Å²) in [5.74, 6) is -1.97. The molecule has 14 heteroatoms. The van der Waals surface area contributed by atoms with Gasteiger partial charge in [-0.3, -0.25) is 19.2 Å². The van der Waals surface area contributed by atoms with Gasteiger partial charge in [-0.2, -0.15) is 0 Å². The third-order valence-electron chi connectivity index (χ3n) is 8.66. The third kappa shape index (κ3) is 7.77. The molecule has 0 saturated carbocycles. The summed E-state index contributed by atoms with van der Waals surface area (Å²) < 4.78 is 28.1. The van der Waals surface area contributed by atoms with Gasteiger partial charge in [0.15, 0.2) is 0 Å². The van der Waals surface area contributed by atoms with Crippen LogP contribution in [0.5, 0.6) is 11.5 Å². The van der Waals surface area contributed by atoms with Gasteiger partial charge in [-0.25, -0.2) is 9.37 Å². The van der Waals surface area contributed by atoms with E-state index in [9.17, 15) is 28.7 Å². The fourth-order valence-electron chi connectivity index (χ4n) is 6.26. The van der Waals surface area contributed by atoms with Gasteiger partial charge in [0.2, 0.25) is 5.91 Å². The minimum absolute atomic E-state index is 0.0448. The zero-order valence-corrected chi connectivity index (χ0v) is 28.6. The van der Waals surface area contributed by atoms with Gasteiger partial charge in [-0.05, 0) is 67.4 Å². The van der Waals surface area contributed by atoms with E-state index in [4.69, 9.17) is 9.47 Å². The largest absolute Gasteiger partial charge is 0.457 e. The summed E-state index contributed by atoms with van der Waals surface area (Å²) in [5, 5.41) is 12.5. The number of rotatable bonds is 7. The highest BCUT2D eigenvalue weighted by molar-refractivity contribution is 7.16. The Labute approximate surface area is 292 Å². The van der Waals surface area contributed by atoms with Crippen LogP contribution in [0, 0.1) is 5.82 Å². The van der Waals surface area contributed by atoms with E-state index in [0.29, 0.717) is 24.1 Å². The van der Waals surface area contributed by atoms with Gasteiger partial charge in [0, 0.05) is 55.5 Å². The smallest absolute Gasteiger partial charge is 0.254 e. The van der Waals surface area contributed by atoms with Crippen LogP contribution in [0.25, 0.3) is 10.2 Å². The van der Waals surface area contributed by atoms with Crippen molar-refractivity contribution in [3.05, 3.63) is 88.2 Å². The van der Waals surface area contributed by atoms with Crippen LogP contribution >= 0.6 is 11.3 Å². The van der Waals surface area contributed by atoms with Crippen molar-refractivity contribution in [1.82, 2.24) is 25.0 Å². The molecule has 1 saturated heterocycles. The number of hydrogen-bond donors (Lipinski definition) is 2. The van der Waals surface area contributed by atoms with Crippen molar-refractivity contribution in [2.75, 3.05) is 45.9 Å². The molecule has 6 rings (SSSR count). The fraction of sp³-hybridized carbons (Fsp3) is 0.361. The molecule has 4 aromatic rings. The van der Waals surface area contributed by atoms with Gasteiger partial charge >= 0.3 is 0 Å². The Hall–Kier alpha value is -4.92. The SMILES string of the molecule is CCCN1CC(=O)N[C@@H]2CN(C(=O)c3ccc4ncsc4c3)C[C@H]2OCc2cc(F)cc(c2)Oc2cc(C(=O)N(CC)CCO)cc(c2)C1=O. The van der Waals surface area contributed by atoms with Gasteiger partial charge in [-0.1, -0.05) is 6.92 Å². The van der Waals surface area contributed by atoms with Crippen LogP contribution < -0.4 is 10.1 Å². The van der Waals surface area contributed by atoms with E-state index < -0.39 is 35.7 Å². The van der Waals surface area contributed by atoms with Crippen molar-refractivity contribution in [1.29, 1.82) is 0 Å². The lowest BCUT2D eigenvalue weighted by atomic mass is 10.1. The molecule has 2 N–H and O–H groups in total. The summed E-state index contributed by atoms with van der Waals surface area (Å²) in [6.07, 6.45) is -0.0815. The predicted octanol–water partition coefficient (Wildman–Crippen LogP) is 4.07. The molecule has 3 aromatic carbocycles. The first kappa shape index (κ1) is 34.9. The number of aromatic nitrogens is 1. The number of benzene rings is 3. The maximum atomic E-state index is 14.9. The zero-order valence-electron chi connectivity index (χ0n) is 27.8. The van der Waals surface area contributed by atoms with Crippen LogP contribution in [-0.2, 0) is 16.1 Å². The van der Waals surface area contributed by atoms with E-state index in [1.807, 2.05) is 6.92 Å². The van der Waals surface area contributed by atoms with E-state index in [1.54, 1.807) is 41.6 Å². The molecule has 3 heterocycles. The van der Waals surface area contributed by atoms with Crippen LogP contribution in [0.15, 0.2) is 60.1 Å². The average Bonchev–Trinajstić information content (AvgIpc) is 3.74. The molecule has 2 aliphatic heterocycles.